The molecule has 1 heterocycles. The number of hydrogen-bond donors (Lipinski definition) is 1. The van der Waals surface area contributed by atoms with Gasteiger partial charge in [-0.25, -0.2) is 0 Å². The molecular weight excluding hydrogens is 517 g/mol. The second kappa shape index (κ2) is 10.4. The molecule has 0 bridgehead atoms. The van der Waals surface area contributed by atoms with Crippen LogP contribution in [0.2, 0.25) is 5.02 Å². The van der Waals surface area contributed by atoms with E-state index in [2.05, 4.69) is 15.2 Å². The highest BCUT2D eigenvalue weighted by Crippen LogP contribution is 2.39. The van der Waals surface area contributed by atoms with Crippen LogP contribution in [0.5, 0.6) is 5.75 Å². The molecule has 0 saturated carbocycles. The predicted octanol–water partition coefficient (Wildman–Crippen LogP) is 6.58. The van der Waals surface area contributed by atoms with Gasteiger partial charge in [0.15, 0.2) is 0 Å². The first-order chi connectivity index (χ1) is 17.5. The van der Waals surface area contributed by atoms with E-state index in [0.29, 0.717) is 17.0 Å². The largest absolute Gasteiger partial charge is 0.435 e. The molecule has 37 heavy (non-hydrogen) atoms. The number of ether oxygens (including phenoxy) is 1. The summed E-state index contributed by atoms with van der Waals surface area (Å²) in [6.07, 6.45) is -4.59. The summed E-state index contributed by atoms with van der Waals surface area (Å²) in [4.78, 5) is 12.7. The smallest absolute Gasteiger partial charge is 0.417 e. The van der Waals surface area contributed by atoms with E-state index >= 15 is 0 Å². The van der Waals surface area contributed by atoms with Crippen LogP contribution >= 0.6 is 11.6 Å². The first-order valence-electron chi connectivity index (χ1n) is 11.1. The number of nitrogens with one attached hydrogen (secondary N) is 1. The van der Waals surface area contributed by atoms with Crippen LogP contribution in [0.3, 0.4) is 0 Å². The average Bonchev–Trinajstić information content (AvgIpc) is 3.16. The van der Waals surface area contributed by atoms with E-state index in [1.165, 1.54) is 41.4 Å². The zero-order valence-corrected chi connectivity index (χ0v) is 20.2. The Balaban J connectivity index is 1.58. The molecule has 0 aliphatic carbocycles. The van der Waals surface area contributed by atoms with Crippen LogP contribution in [0, 0.1) is 0 Å². The normalized spacial score (nSPS) is 17.6. The van der Waals surface area contributed by atoms with Crippen molar-refractivity contribution >= 4 is 28.9 Å². The third-order valence-corrected chi connectivity index (χ3v) is 6.22. The van der Waals surface area contributed by atoms with Crippen molar-refractivity contribution in [1.82, 2.24) is 5.01 Å². The molecule has 0 spiro atoms. The molecule has 3 aromatic carbocycles. The lowest BCUT2D eigenvalue weighted by molar-refractivity contribution is -0.137. The lowest BCUT2D eigenvalue weighted by Gasteiger charge is -2.27. The Morgan fingerprint density at radius 1 is 1.11 bits per heavy atom. The highest BCUT2D eigenvalue weighted by atomic mass is 35.5. The molecule has 1 unspecified atom stereocenters. The Kier molecular flexibility index (Phi) is 7.40. The van der Waals surface area contributed by atoms with Crippen LogP contribution in [0.15, 0.2) is 77.9 Å². The number of hydrazone groups is 1. The van der Waals surface area contributed by atoms with Gasteiger partial charge >= 0.3 is 12.8 Å². The van der Waals surface area contributed by atoms with Gasteiger partial charge < -0.3 is 10.1 Å². The molecule has 0 saturated heterocycles. The Morgan fingerprint density at radius 2 is 1.78 bits per heavy atom. The van der Waals surface area contributed by atoms with Crippen molar-refractivity contribution in [3.05, 3.63) is 94.5 Å². The van der Waals surface area contributed by atoms with Crippen molar-refractivity contribution in [1.29, 1.82) is 0 Å². The summed E-state index contributed by atoms with van der Waals surface area (Å²) >= 11 is 5.98. The summed E-state index contributed by atoms with van der Waals surface area (Å²) in [5.41, 5.74) is 0.410. The topological polar surface area (TPSA) is 53.9 Å². The van der Waals surface area contributed by atoms with Gasteiger partial charge in [-0.15, -0.1) is 0 Å². The maximum atomic E-state index is 13.2. The Bertz CT molecular complexity index is 1300. The molecule has 0 aromatic heterocycles. The number of nitrogens with zero attached hydrogens (tertiary/aromatic N) is 2. The lowest BCUT2D eigenvalue weighted by Crippen LogP contribution is -2.38. The minimum atomic E-state index is -4.59. The molecule has 11 heteroatoms. The third kappa shape index (κ3) is 6.02. The second-order valence-electron chi connectivity index (χ2n) is 8.61. The highest BCUT2D eigenvalue weighted by molar-refractivity contribution is 6.32. The Hall–Kier alpha value is -3.66. The van der Waals surface area contributed by atoms with Crippen LogP contribution in [0.25, 0.3) is 0 Å². The minimum Gasteiger partial charge on any atom is -0.435 e. The van der Waals surface area contributed by atoms with Gasteiger partial charge in [0.05, 0.1) is 28.3 Å². The summed E-state index contributed by atoms with van der Waals surface area (Å²) in [5, 5.41) is 8.34. The van der Waals surface area contributed by atoms with Crippen molar-refractivity contribution in [2.75, 3.05) is 18.4 Å². The standard InChI is InChI=1S/C26H21ClF5N3O2/c1-25(17-5-3-2-4-6-17)15-35(14-22(36)33-18-8-10-19(11-9-18)37-24(28)29)34-23(25)16-7-12-20(21(27)13-16)26(30,31)32/h2-13,24H,14-15H2,1H3,(H,33,36). The van der Waals surface area contributed by atoms with Crippen LogP contribution < -0.4 is 10.1 Å². The first-order valence-corrected chi connectivity index (χ1v) is 11.4. The monoisotopic (exact) mass is 537 g/mol. The molecule has 1 aliphatic rings. The molecular formula is C26H21ClF5N3O2. The zero-order chi connectivity index (χ0) is 26.8. The van der Waals surface area contributed by atoms with E-state index in [1.54, 1.807) is 0 Å². The van der Waals surface area contributed by atoms with E-state index < -0.39 is 34.7 Å². The van der Waals surface area contributed by atoms with Gasteiger partial charge in [0.2, 0.25) is 5.91 Å². The average molecular weight is 538 g/mol. The maximum Gasteiger partial charge on any atom is 0.417 e. The Morgan fingerprint density at radius 3 is 2.38 bits per heavy atom. The summed E-state index contributed by atoms with van der Waals surface area (Å²) < 4.78 is 68.6. The van der Waals surface area contributed by atoms with Gasteiger partial charge in [-0.3, -0.25) is 9.80 Å². The first kappa shape index (κ1) is 26.4. The molecule has 4 rings (SSSR count). The van der Waals surface area contributed by atoms with Crippen molar-refractivity contribution in [3.8, 4) is 5.75 Å². The van der Waals surface area contributed by atoms with Gasteiger partial charge in [0.25, 0.3) is 0 Å². The van der Waals surface area contributed by atoms with Crippen LogP contribution in [-0.2, 0) is 16.4 Å². The summed E-state index contributed by atoms with van der Waals surface area (Å²) in [5.74, 6) is -0.469. The second-order valence-corrected chi connectivity index (χ2v) is 9.02. The van der Waals surface area contributed by atoms with Gasteiger partial charge in [-0.05, 0) is 48.9 Å². The Labute approximate surface area is 214 Å². The molecule has 3 aromatic rings. The molecule has 194 valence electrons. The maximum absolute atomic E-state index is 13.2. The van der Waals surface area contributed by atoms with Gasteiger partial charge in [-0.1, -0.05) is 48.0 Å². The van der Waals surface area contributed by atoms with Gasteiger partial charge in [0, 0.05) is 11.3 Å². The number of carbonyl (C=O) groups is 1. The molecule has 1 N–H and O–H groups in total. The quantitative estimate of drug-likeness (QED) is 0.347. The van der Waals surface area contributed by atoms with E-state index in [1.807, 2.05) is 37.3 Å². The molecule has 0 fully saturated rings. The fraction of sp³-hybridized carbons (Fsp3) is 0.231. The number of hydrogen-bond acceptors (Lipinski definition) is 4. The van der Waals surface area contributed by atoms with Crippen molar-refractivity contribution < 1.29 is 31.5 Å². The van der Waals surface area contributed by atoms with E-state index in [-0.39, 0.29) is 18.8 Å². The minimum absolute atomic E-state index is 0.0457. The summed E-state index contributed by atoms with van der Waals surface area (Å²) in [6.45, 7) is -0.942. The van der Waals surface area contributed by atoms with Crippen LogP contribution in [0.4, 0.5) is 27.6 Å². The van der Waals surface area contributed by atoms with Crippen LogP contribution in [-0.4, -0.2) is 36.3 Å². The number of alkyl halides is 5. The van der Waals surface area contributed by atoms with Crippen molar-refractivity contribution in [3.63, 3.8) is 0 Å². The van der Waals surface area contributed by atoms with Crippen LogP contribution in [0.1, 0.15) is 23.6 Å². The molecule has 1 atom stereocenters. The number of carbonyl (C=O) groups excluding carboxylic acids is 1. The number of rotatable bonds is 7. The fourth-order valence-corrected chi connectivity index (χ4v) is 4.49. The summed E-state index contributed by atoms with van der Waals surface area (Å²) in [7, 11) is 0. The third-order valence-electron chi connectivity index (χ3n) is 5.91. The summed E-state index contributed by atoms with van der Waals surface area (Å²) in [6, 6.07) is 18.2. The van der Waals surface area contributed by atoms with Gasteiger partial charge in [0.1, 0.15) is 12.3 Å². The molecule has 5 nitrogen and oxygen atoms in total. The van der Waals surface area contributed by atoms with Gasteiger partial charge in [-0.2, -0.15) is 27.1 Å². The highest BCUT2D eigenvalue weighted by Gasteiger charge is 2.42. The van der Waals surface area contributed by atoms with E-state index in [9.17, 15) is 26.7 Å². The SMILES string of the molecule is CC1(c2ccccc2)CN(CC(=O)Nc2ccc(OC(F)F)cc2)N=C1c1ccc(C(F)(F)F)c(Cl)c1. The lowest BCUT2D eigenvalue weighted by atomic mass is 9.76. The van der Waals surface area contributed by atoms with Crippen molar-refractivity contribution in [2.45, 2.75) is 25.1 Å². The number of anilines is 1. The fourth-order valence-electron chi connectivity index (χ4n) is 4.21. The molecule has 0 radical (unpaired) electrons. The zero-order valence-electron chi connectivity index (χ0n) is 19.4. The number of benzene rings is 3. The number of halogens is 6. The molecule has 1 aliphatic heterocycles. The van der Waals surface area contributed by atoms with E-state index in [4.69, 9.17) is 11.6 Å². The molecule has 1 amide bonds. The predicted molar refractivity (Wildman–Crippen MR) is 130 cm³/mol. The van der Waals surface area contributed by atoms with Crippen molar-refractivity contribution in [2.24, 2.45) is 5.10 Å². The number of amides is 1. The van der Waals surface area contributed by atoms with E-state index in [0.717, 1.165) is 11.6 Å².